The largest absolute Gasteiger partial charge is 0.336 e. The molecule has 0 bridgehead atoms. The van der Waals surface area contributed by atoms with E-state index in [1.165, 1.54) is 23.5 Å². The van der Waals surface area contributed by atoms with E-state index >= 15 is 0 Å². The SMILES string of the molecule is CCCN(CCC)C(=O)c1nc(-c2cccs2)n(-c2ccc(F)cc2)n1. The van der Waals surface area contributed by atoms with Gasteiger partial charge in [0.15, 0.2) is 5.82 Å². The van der Waals surface area contributed by atoms with E-state index in [0.717, 1.165) is 17.7 Å². The first-order chi connectivity index (χ1) is 12.6. The van der Waals surface area contributed by atoms with Crippen LogP contribution in [0.25, 0.3) is 16.4 Å². The zero-order chi connectivity index (χ0) is 18.5. The first kappa shape index (κ1) is 18.3. The standard InChI is InChI=1S/C19H21FN4OS/c1-3-11-23(12-4-2)19(25)17-21-18(16-6-5-13-26-16)24(22-17)15-9-7-14(20)8-10-15/h5-10,13H,3-4,11-12H2,1-2H3. The molecule has 136 valence electrons. The van der Waals surface area contributed by atoms with Crippen molar-refractivity contribution in [3.05, 3.63) is 53.4 Å². The molecule has 3 rings (SSSR count). The van der Waals surface area contributed by atoms with E-state index in [1.807, 2.05) is 31.4 Å². The van der Waals surface area contributed by atoms with Gasteiger partial charge < -0.3 is 4.90 Å². The highest BCUT2D eigenvalue weighted by molar-refractivity contribution is 7.13. The Morgan fingerprint density at radius 3 is 2.42 bits per heavy atom. The highest BCUT2D eigenvalue weighted by Crippen LogP contribution is 2.26. The second-order valence-electron chi connectivity index (χ2n) is 5.92. The predicted octanol–water partition coefficient (Wildman–Crippen LogP) is 4.40. The van der Waals surface area contributed by atoms with E-state index in [1.54, 1.807) is 21.7 Å². The lowest BCUT2D eigenvalue weighted by Gasteiger charge is -2.19. The Bertz CT molecular complexity index is 852. The Balaban J connectivity index is 2.04. The van der Waals surface area contributed by atoms with Gasteiger partial charge in [0.05, 0.1) is 10.6 Å². The zero-order valence-electron chi connectivity index (χ0n) is 14.9. The van der Waals surface area contributed by atoms with Crippen molar-refractivity contribution in [3.8, 4) is 16.4 Å². The molecule has 3 aromatic rings. The highest BCUT2D eigenvalue weighted by atomic mass is 32.1. The normalized spacial score (nSPS) is 10.9. The lowest BCUT2D eigenvalue weighted by Crippen LogP contribution is -2.33. The van der Waals surface area contributed by atoms with Crippen molar-refractivity contribution in [2.24, 2.45) is 0 Å². The van der Waals surface area contributed by atoms with Gasteiger partial charge in [0.1, 0.15) is 5.82 Å². The summed E-state index contributed by atoms with van der Waals surface area (Å²) in [6.45, 7) is 5.42. The number of aromatic nitrogens is 3. The summed E-state index contributed by atoms with van der Waals surface area (Å²) >= 11 is 1.52. The summed E-state index contributed by atoms with van der Waals surface area (Å²) < 4.78 is 14.9. The molecule has 0 saturated carbocycles. The number of hydrogen-bond acceptors (Lipinski definition) is 4. The molecule has 0 N–H and O–H groups in total. The fraction of sp³-hybridized carbons (Fsp3) is 0.316. The summed E-state index contributed by atoms with van der Waals surface area (Å²) in [6.07, 6.45) is 1.75. The van der Waals surface area contributed by atoms with Crippen LogP contribution in [0.5, 0.6) is 0 Å². The minimum atomic E-state index is -0.320. The fourth-order valence-corrected chi connectivity index (χ4v) is 3.42. The van der Waals surface area contributed by atoms with E-state index in [4.69, 9.17) is 0 Å². The molecular formula is C19H21FN4OS. The molecule has 2 aromatic heterocycles. The van der Waals surface area contributed by atoms with E-state index < -0.39 is 0 Å². The number of benzene rings is 1. The van der Waals surface area contributed by atoms with Crippen molar-refractivity contribution in [3.63, 3.8) is 0 Å². The highest BCUT2D eigenvalue weighted by Gasteiger charge is 2.23. The third kappa shape index (κ3) is 3.83. The summed E-state index contributed by atoms with van der Waals surface area (Å²) in [4.78, 5) is 20.1. The van der Waals surface area contributed by atoms with Crippen molar-refractivity contribution in [1.82, 2.24) is 19.7 Å². The minimum Gasteiger partial charge on any atom is -0.336 e. The Kier molecular flexibility index (Phi) is 5.78. The molecule has 1 aromatic carbocycles. The van der Waals surface area contributed by atoms with Crippen LogP contribution in [0.1, 0.15) is 37.3 Å². The van der Waals surface area contributed by atoms with Crippen LogP contribution in [-0.2, 0) is 0 Å². The second-order valence-corrected chi connectivity index (χ2v) is 6.86. The third-order valence-corrected chi connectivity index (χ3v) is 4.75. The molecule has 2 heterocycles. The number of amides is 1. The van der Waals surface area contributed by atoms with Crippen LogP contribution in [0.4, 0.5) is 4.39 Å². The van der Waals surface area contributed by atoms with Gasteiger partial charge >= 0.3 is 0 Å². The van der Waals surface area contributed by atoms with Crippen LogP contribution in [0.15, 0.2) is 41.8 Å². The van der Waals surface area contributed by atoms with E-state index in [0.29, 0.717) is 24.6 Å². The van der Waals surface area contributed by atoms with E-state index in [9.17, 15) is 9.18 Å². The van der Waals surface area contributed by atoms with Gasteiger partial charge in [-0.05, 0) is 48.6 Å². The molecule has 7 heteroatoms. The molecule has 0 aliphatic heterocycles. The van der Waals surface area contributed by atoms with E-state index in [2.05, 4.69) is 10.1 Å². The molecule has 0 aliphatic rings. The van der Waals surface area contributed by atoms with Gasteiger partial charge in [-0.2, -0.15) is 0 Å². The summed E-state index contributed by atoms with van der Waals surface area (Å²) in [5.74, 6) is 0.259. The first-order valence-electron chi connectivity index (χ1n) is 8.70. The Morgan fingerprint density at radius 1 is 1.15 bits per heavy atom. The summed E-state index contributed by atoms with van der Waals surface area (Å²) in [5, 5.41) is 6.40. The first-order valence-corrected chi connectivity index (χ1v) is 9.58. The molecule has 26 heavy (non-hydrogen) atoms. The zero-order valence-corrected chi connectivity index (χ0v) is 15.7. The monoisotopic (exact) mass is 372 g/mol. The van der Waals surface area contributed by atoms with Gasteiger partial charge in [-0.25, -0.2) is 14.1 Å². The number of hydrogen-bond donors (Lipinski definition) is 0. The van der Waals surface area contributed by atoms with Gasteiger partial charge in [-0.1, -0.05) is 19.9 Å². The van der Waals surface area contributed by atoms with Crippen LogP contribution < -0.4 is 0 Å². The Labute approximate surface area is 156 Å². The predicted molar refractivity (Wildman–Crippen MR) is 101 cm³/mol. The minimum absolute atomic E-state index is 0.166. The lowest BCUT2D eigenvalue weighted by atomic mass is 10.3. The van der Waals surface area contributed by atoms with Crippen molar-refractivity contribution >= 4 is 17.2 Å². The number of rotatable bonds is 7. The van der Waals surface area contributed by atoms with Gasteiger partial charge in [-0.15, -0.1) is 16.4 Å². The fourth-order valence-electron chi connectivity index (χ4n) is 2.73. The molecule has 0 aliphatic carbocycles. The number of carbonyl (C=O) groups excluding carboxylic acids is 1. The molecule has 1 amide bonds. The second kappa shape index (κ2) is 8.23. The smallest absolute Gasteiger partial charge is 0.293 e. The van der Waals surface area contributed by atoms with Gasteiger partial charge in [0.25, 0.3) is 5.91 Å². The topological polar surface area (TPSA) is 51.0 Å². The van der Waals surface area contributed by atoms with Gasteiger partial charge in [0.2, 0.25) is 5.82 Å². The maximum Gasteiger partial charge on any atom is 0.293 e. The molecule has 0 saturated heterocycles. The summed E-state index contributed by atoms with van der Waals surface area (Å²) in [6, 6.07) is 9.86. The molecule has 0 radical (unpaired) electrons. The van der Waals surface area contributed by atoms with Gasteiger partial charge in [0, 0.05) is 13.1 Å². The van der Waals surface area contributed by atoms with Crippen LogP contribution >= 0.6 is 11.3 Å². The number of carbonyl (C=O) groups is 1. The van der Waals surface area contributed by atoms with Crippen molar-refractivity contribution in [2.75, 3.05) is 13.1 Å². The molecule has 5 nitrogen and oxygen atoms in total. The molecule has 0 unspecified atom stereocenters. The molecule has 0 fully saturated rings. The number of nitrogens with zero attached hydrogens (tertiary/aromatic N) is 4. The van der Waals surface area contributed by atoms with Crippen molar-refractivity contribution in [2.45, 2.75) is 26.7 Å². The lowest BCUT2D eigenvalue weighted by molar-refractivity contribution is 0.0743. The van der Waals surface area contributed by atoms with Crippen molar-refractivity contribution in [1.29, 1.82) is 0 Å². The molecular weight excluding hydrogens is 351 g/mol. The average molecular weight is 372 g/mol. The molecule has 0 spiro atoms. The Morgan fingerprint density at radius 2 is 1.85 bits per heavy atom. The maximum absolute atomic E-state index is 13.3. The third-order valence-electron chi connectivity index (χ3n) is 3.89. The van der Waals surface area contributed by atoms with Crippen molar-refractivity contribution < 1.29 is 9.18 Å². The van der Waals surface area contributed by atoms with Crippen LogP contribution in [-0.4, -0.2) is 38.7 Å². The summed E-state index contributed by atoms with van der Waals surface area (Å²) in [5.41, 5.74) is 0.666. The van der Waals surface area contributed by atoms with E-state index in [-0.39, 0.29) is 17.5 Å². The van der Waals surface area contributed by atoms with Crippen LogP contribution in [0, 0.1) is 5.82 Å². The maximum atomic E-state index is 13.3. The van der Waals surface area contributed by atoms with Crippen LogP contribution in [0.2, 0.25) is 0 Å². The number of thiophene rings is 1. The van der Waals surface area contributed by atoms with Crippen LogP contribution in [0.3, 0.4) is 0 Å². The summed E-state index contributed by atoms with van der Waals surface area (Å²) in [7, 11) is 0. The Hall–Kier alpha value is -2.54. The average Bonchev–Trinajstić information content (AvgIpc) is 3.31. The quantitative estimate of drug-likeness (QED) is 0.618. The molecule has 0 atom stereocenters. The number of halogens is 1. The van der Waals surface area contributed by atoms with Gasteiger partial charge in [-0.3, -0.25) is 4.79 Å².